The predicted octanol–water partition coefficient (Wildman–Crippen LogP) is 0.0825. The lowest BCUT2D eigenvalue weighted by Crippen LogP contribution is -2.43. The van der Waals surface area contributed by atoms with Gasteiger partial charge in [-0.05, 0) is 25.0 Å². The molecule has 116 valence electrons. The van der Waals surface area contributed by atoms with Crippen molar-refractivity contribution in [2.24, 2.45) is 4.99 Å². The van der Waals surface area contributed by atoms with Gasteiger partial charge in [0.2, 0.25) is 10.0 Å². The molecule has 0 aliphatic carbocycles. The van der Waals surface area contributed by atoms with Crippen LogP contribution in [0.4, 0.5) is 0 Å². The van der Waals surface area contributed by atoms with Crippen LogP contribution in [-0.2, 0) is 10.0 Å². The molecular weight excluding hydrogens is 296 g/mol. The molecule has 1 unspecified atom stereocenters. The Morgan fingerprint density at radius 2 is 2.25 bits per heavy atom. The molecule has 2 aliphatic heterocycles. The molecular formula is C12H24N4O2S2. The van der Waals surface area contributed by atoms with Crippen LogP contribution in [0.1, 0.15) is 19.3 Å². The van der Waals surface area contributed by atoms with Gasteiger partial charge in [-0.25, -0.2) is 12.7 Å². The van der Waals surface area contributed by atoms with Crippen LogP contribution in [0.15, 0.2) is 4.99 Å². The summed E-state index contributed by atoms with van der Waals surface area (Å²) in [5.74, 6) is 2.30. The van der Waals surface area contributed by atoms with Crippen LogP contribution in [0.3, 0.4) is 0 Å². The lowest BCUT2D eigenvalue weighted by Gasteiger charge is -2.17. The Morgan fingerprint density at radius 3 is 2.85 bits per heavy atom. The number of sulfonamides is 1. The molecule has 2 fully saturated rings. The van der Waals surface area contributed by atoms with Gasteiger partial charge in [0, 0.05) is 38.5 Å². The van der Waals surface area contributed by atoms with Crippen LogP contribution in [0.2, 0.25) is 0 Å². The summed E-state index contributed by atoms with van der Waals surface area (Å²) in [6.07, 6.45) is 3.31. The highest BCUT2D eigenvalue weighted by molar-refractivity contribution is 8.00. The van der Waals surface area contributed by atoms with E-state index in [9.17, 15) is 8.42 Å². The van der Waals surface area contributed by atoms with Gasteiger partial charge >= 0.3 is 0 Å². The summed E-state index contributed by atoms with van der Waals surface area (Å²) < 4.78 is 24.9. The summed E-state index contributed by atoms with van der Waals surface area (Å²) in [5, 5.41) is 7.16. The molecule has 2 aliphatic rings. The van der Waals surface area contributed by atoms with Crippen LogP contribution in [0.5, 0.6) is 0 Å². The maximum Gasteiger partial charge on any atom is 0.214 e. The average Bonchev–Trinajstić information content (AvgIpc) is 3.03. The van der Waals surface area contributed by atoms with Crippen molar-refractivity contribution < 1.29 is 8.42 Å². The molecule has 0 aromatic heterocycles. The molecule has 0 bridgehead atoms. The van der Waals surface area contributed by atoms with Crippen molar-refractivity contribution in [3.8, 4) is 0 Å². The van der Waals surface area contributed by atoms with Crippen molar-refractivity contribution in [1.82, 2.24) is 14.9 Å². The van der Waals surface area contributed by atoms with Crippen molar-refractivity contribution >= 4 is 27.7 Å². The van der Waals surface area contributed by atoms with E-state index in [1.54, 1.807) is 11.4 Å². The number of rotatable bonds is 5. The van der Waals surface area contributed by atoms with E-state index in [4.69, 9.17) is 0 Å². The molecule has 0 saturated carbocycles. The molecule has 0 aromatic carbocycles. The van der Waals surface area contributed by atoms with Gasteiger partial charge in [0.15, 0.2) is 5.96 Å². The van der Waals surface area contributed by atoms with E-state index in [-0.39, 0.29) is 0 Å². The Labute approximate surface area is 125 Å². The smallest absolute Gasteiger partial charge is 0.214 e. The van der Waals surface area contributed by atoms with E-state index in [0.717, 1.165) is 18.9 Å². The zero-order valence-corrected chi connectivity index (χ0v) is 13.6. The number of aliphatic imine (C=N–C) groups is 1. The van der Waals surface area contributed by atoms with Gasteiger partial charge in [0.25, 0.3) is 0 Å². The van der Waals surface area contributed by atoms with Gasteiger partial charge in [-0.3, -0.25) is 4.99 Å². The third-order valence-corrected chi connectivity index (χ3v) is 6.96. The number of nitrogens with one attached hydrogen (secondary N) is 2. The molecule has 6 nitrogen and oxygen atoms in total. The number of guanidine groups is 1. The minimum absolute atomic E-state index is 0.291. The predicted molar refractivity (Wildman–Crippen MR) is 84.8 cm³/mol. The van der Waals surface area contributed by atoms with Crippen molar-refractivity contribution in [2.75, 3.05) is 44.7 Å². The molecule has 0 radical (unpaired) electrons. The fourth-order valence-corrected chi connectivity index (χ4v) is 5.21. The number of hydrogen-bond donors (Lipinski definition) is 2. The molecule has 2 heterocycles. The first-order valence-corrected chi connectivity index (χ1v) is 9.81. The molecule has 0 spiro atoms. The minimum atomic E-state index is -2.99. The van der Waals surface area contributed by atoms with E-state index in [2.05, 4.69) is 15.6 Å². The standard InChI is InChI=1S/C12H24N4O2S2/c1-13-12(15-10-11-4-2-8-19-11)14-5-7-16-6-3-9-20(16,17)18/h11H,2-10H2,1H3,(H2,13,14,15). The number of hydrogen-bond acceptors (Lipinski definition) is 4. The topological polar surface area (TPSA) is 73.8 Å². The molecule has 20 heavy (non-hydrogen) atoms. The fraction of sp³-hybridized carbons (Fsp3) is 0.917. The van der Waals surface area contributed by atoms with Gasteiger partial charge in [-0.15, -0.1) is 0 Å². The van der Waals surface area contributed by atoms with Gasteiger partial charge in [-0.2, -0.15) is 11.8 Å². The monoisotopic (exact) mass is 320 g/mol. The third kappa shape index (κ3) is 4.53. The Bertz CT molecular complexity index is 433. The second-order valence-electron chi connectivity index (χ2n) is 5.08. The molecule has 2 rings (SSSR count). The second kappa shape index (κ2) is 7.51. The largest absolute Gasteiger partial charge is 0.355 e. The van der Waals surface area contributed by atoms with E-state index in [0.29, 0.717) is 30.6 Å². The Hall–Kier alpha value is -0.470. The van der Waals surface area contributed by atoms with Gasteiger partial charge in [0.05, 0.1) is 5.75 Å². The van der Waals surface area contributed by atoms with Crippen molar-refractivity contribution in [1.29, 1.82) is 0 Å². The van der Waals surface area contributed by atoms with Crippen LogP contribution in [0, 0.1) is 0 Å². The van der Waals surface area contributed by atoms with Gasteiger partial charge < -0.3 is 10.6 Å². The van der Waals surface area contributed by atoms with Crippen LogP contribution < -0.4 is 10.6 Å². The fourth-order valence-electron chi connectivity index (χ4n) is 2.48. The van der Waals surface area contributed by atoms with Gasteiger partial charge in [0.1, 0.15) is 0 Å². The summed E-state index contributed by atoms with van der Waals surface area (Å²) >= 11 is 2.01. The molecule has 0 amide bonds. The van der Waals surface area contributed by atoms with Crippen LogP contribution >= 0.6 is 11.8 Å². The van der Waals surface area contributed by atoms with Crippen molar-refractivity contribution in [3.63, 3.8) is 0 Å². The second-order valence-corrected chi connectivity index (χ2v) is 8.58. The highest BCUT2D eigenvalue weighted by atomic mass is 32.2. The zero-order chi connectivity index (χ0) is 14.4. The lowest BCUT2D eigenvalue weighted by molar-refractivity contribution is 0.445. The van der Waals surface area contributed by atoms with E-state index < -0.39 is 10.0 Å². The molecule has 2 N–H and O–H groups in total. The van der Waals surface area contributed by atoms with E-state index in [1.165, 1.54) is 18.6 Å². The average molecular weight is 320 g/mol. The lowest BCUT2D eigenvalue weighted by atomic mass is 10.2. The normalized spacial score (nSPS) is 26.9. The van der Waals surface area contributed by atoms with Crippen molar-refractivity contribution in [3.05, 3.63) is 0 Å². The first kappa shape index (κ1) is 15.9. The van der Waals surface area contributed by atoms with Crippen LogP contribution in [0.25, 0.3) is 0 Å². The summed E-state index contributed by atoms with van der Waals surface area (Å²) in [5.41, 5.74) is 0. The molecule has 8 heteroatoms. The first-order chi connectivity index (χ1) is 9.62. The summed E-state index contributed by atoms with van der Waals surface area (Å²) in [6, 6.07) is 0. The summed E-state index contributed by atoms with van der Waals surface area (Å²) in [7, 11) is -1.25. The molecule has 1 atom stereocenters. The van der Waals surface area contributed by atoms with Crippen LogP contribution in [-0.4, -0.2) is 68.7 Å². The summed E-state index contributed by atoms with van der Waals surface area (Å²) in [4.78, 5) is 4.17. The number of nitrogens with zero attached hydrogens (tertiary/aromatic N) is 2. The molecule has 0 aromatic rings. The SMILES string of the molecule is CN=C(NCCN1CCCS1(=O)=O)NCC1CCCS1. The van der Waals surface area contributed by atoms with Gasteiger partial charge in [-0.1, -0.05) is 0 Å². The molecule has 2 saturated heterocycles. The van der Waals surface area contributed by atoms with E-state index >= 15 is 0 Å². The first-order valence-electron chi connectivity index (χ1n) is 7.16. The van der Waals surface area contributed by atoms with E-state index in [1.807, 2.05) is 11.8 Å². The third-order valence-electron chi connectivity index (χ3n) is 3.60. The number of thioether (sulfide) groups is 1. The summed E-state index contributed by atoms with van der Waals surface area (Å²) in [6.45, 7) is 2.68. The highest BCUT2D eigenvalue weighted by Crippen LogP contribution is 2.25. The Morgan fingerprint density at radius 1 is 1.40 bits per heavy atom. The highest BCUT2D eigenvalue weighted by Gasteiger charge is 2.27. The Balaban J connectivity index is 1.66. The maximum atomic E-state index is 11.7. The zero-order valence-electron chi connectivity index (χ0n) is 12.0. The van der Waals surface area contributed by atoms with Crippen molar-refractivity contribution in [2.45, 2.75) is 24.5 Å². The Kier molecular flexibility index (Phi) is 5.98. The minimum Gasteiger partial charge on any atom is -0.355 e. The quantitative estimate of drug-likeness (QED) is 0.554. The maximum absolute atomic E-state index is 11.7.